The molecule has 4 rings (SSSR count). The van der Waals surface area contributed by atoms with Crippen molar-refractivity contribution in [3.63, 3.8) is 0 Å². The molecule has 35 heavy (non-hydrogen) atoms. The summed E-state index contributed by atoms with van der Waals surface area (Å²) in [7, 11) is -4.01. The molecular formula is C27H29ClN2O4S. The molecule has 8 heteroatoms. The van der Waals surface area contributed by atoms with Crippen LogP contribution in [-0.4, -0.2) is 27.0 Å². The number of aryl methyl sites for hydroxylation is 2. The Hall–Kier alpha value is -3.03. The standard InChI is InChI=1S/C27H29ClN2O4S/c1-19-7-15-25(16-8-19)35(32,33)30(22-12-9-20(2)26(28)17-22)18-27(31)29-21-10-13-24(14-11-21)34-23-5-3-4-6-23/h7-17,23H,3-6,18H2,1-2H3,(H,29,31). The molecule has 0 aliphatic heterocycles. The van der Waals surface area contributed by atoms with Crippen LogP contribution in [0, 0.1) is 13.8 Å². The van der Waals surface area contributed by atoms with Crippen LogP contribution in [0.3, 0.4) is 0 Å². The molecule has 0 aromatic heterocycles. The van der Waals surface area contributed by atoms with Crippen molar-refractivity contribution in [1.82, 2.24) is 0 Å². The van der Waals surface area contributed by atoms with Gasteiger partial charge in [-0.2, -0.15) is 0 Å². The Balaban J connectivity index is 1.54. The van der Waals surface area contributed by atoms with Crippen molar-refractivity contribution in [3.05, 3.63) is 82.9 Å². The molecular weight excluding hydrogens is 484 g/mol. The highest BCUT2D eigenvalue weighted by molar-refractivity contribution is 7.92. The van der Waals surface area contributed by atoms with Crippen molar-refractivity contribution in [2.24, 2.45) is 0 Å². The molecule has 1 fully saturated rings. The van der Waals surface area contributed by atoms with Crippen LogP contribution in [0.15, 0.2) is 71.6 Å². The zero-order valence-electron chi connectivity index (χ0n) is 19.8. The minimum absolute atomic E-state index is 0.0982. The van der Waals surface area contributed by atoms with E-state index < -0.39 is 22.5 Å². The zero-order valence-corrected chi connectivity index (χ0v) is 21.4. The molecule has 0 heterocycles. The van der Waals surface area contributed by atoms with Gasteiger partial charge in [0.05, 0.1) is 16.7 Å². The number of rotatable bonds is 8. The number of anilines is 2. The summed E-state index contributed by atoms with van der Waals surface area (Å²) in [6.45, 7) is 3.30. The fraction of sp³-hybridized carbons (Fsp3) is 0.296. The van der Waals surface area contributed by atoms with E-state index in [9.17, 15) is 13.2 Å². The van der Waals surface area contributed by atoms with Gasteiger partial charge in [0.2, 0.25) is 5.91 Å². The third kappa shape index (κ3) is 6.16. The first kappa shape index (κ1) is 25.1. The SMILES string of the molecule is Cc1ccc(S(=O)(=O)N(CC(=O)Nc2ccc(OC3CCCC3)cc2)c2ccc(C)c(Cl)c2)cc1. The van der Waals surface area contributed by atoms with Gasteiger partial charge in [0.1, 0.15) is 12.3 Å². The average molecular weight is 513 g/mol. The van der Waals surface area contributed by atoms with E-state index in [0.29, 0.717) is 16.4 Å². The van der Waals surface area contributed by atoms with Crippen molar-refractivity contribution in [3.8, 4) is 5.75 Å². The highest BCUT2D eigenvalue weighted by Crippen LogP contribution is 2.29. The van der Waals surface area contributed by atoms with E-state index in [0.717, 1.165) is 34.0 Å². The van der Waals surface area contributed by atoms with Crippen molar-refractivity contribution in [2.75, 3.05) is 16.2 Å². The Morgan fingerprint density at radius 2 is 1.66 bits per heavy atom. The minimum atomic E-state index is -4.01. The van der Waals surface area contributed by atoms with E-state index >= 15 is 0 Å². The molecule has 0 saturated heterocycles. The number of nitrogens with one attached hydrogen (secondary N) is 1. The molecule has 3 aromatic rings. The summed E-state index contributed by atoms with van der Waals surface area (Å²) >= 11 is 6.28. The summed E-state index contributed by atoms with van der Waals surface area (Å²) in [5.74, 6) is 0.287. The van der Waals surface area contributed by atoms with Crippen LogP contribution < -0.4 is 14.4 Å². The van der Waals surface area contributed by atoms with E-state index in [1.165, 1.54) is 25.0 Å². The lowest BCUT2D eigenvalue weighted by atomic mass is 10.2. The number of hydrogen-bond acceptors (Lipinski definition) is 4. The normalized spacial score (nSPS) is 14.0. The number of ether oxygens (including phenoxy) is 1. The Labute approximate surface area is 211 Å². The quantitative estimate of drug-likeness (QED) is 0.395. The van der Waals surface area contributed by atoms with Crippen LogP contribution in [0.25, 0.3) is 0 Å². The summed E-state index contributed by atoms with van der Waals surface area (Å²) in [6, 6.07) is 18.6. The maximum Gasteiger partial charge on any atom is 0.264 e. The summed E-state index contributed by atoms with van der Waals surface area (Å²) in [6.07, 6.45) is 4.75. The van der Waals surface area contributed by atoms with Gasteiger partial charge in [0, 0.05) is 10.7 Å². The van der Waals surface area contributed by atoms with Gasteiger partial charge in [0.15, 0.2) is 0 Å². The molecule has 0 bridgehead atoms. The van der Waals surface area contributed by atoms with E-state index in [-0.39, 0.29) is 11.0 Å². The smallest absolute Gasteiger partial charge is 0.264 e. The molecule has 1 saturated carbocycles. The fourth-order valence-corrected chi connectivity index (χ4v) is 5.62. The molecule has 0 atom stereocenters. The molecule has 1 aliphatic rings. The lowest BCUT2D eigenvalue weighted by Gasteiger charge is -2.24. The number of benzene rings is 3. The Kier molecular flexibility index (Phi) is 7.67. The van der Waals surface area contributed by atoms with Gasteiger partial charge in [-0.05, 0) is 93.6 Å². The number of hydrogen-bond donors (Lipinski definition) is 1. The van der Waals surface area contributed by atoms with Gasteiger partial charge in [-0.3, -0.25) is 9.10 Å². The summed E-state index contributed by atoms with van der Waals surface area (Å²) in [5, 5.41) is 3.21. The van der Waals surface area contributed by atoms with Gasteiger partial charge in [0.25, 0.3) is 10.0 Å². The number of amides is 1. The van der Waals surface area contributed by atoms with Gasteiger partial charge in [-0.1, -0.05) is 35.4 Å². The largest absolute Gasteiger partial charge is 0.490 e. The first-order chi connectivity index (χ1) is 16.7. The molecule has 3 aromatic carbocycles. The molecule has 1 N–H and O–H groups in total. The lowest BCUT2D eigenvalue weighted by molar-refractivity contribution is -0.114. The van der Waals surface area contributed by atoms with Crippen LogP contribution >= 0.6 is 11.6 Å². The van der Waals surface area contributed by atoms with Crippen LogP contribution in [0.5, 0.6) is 5.75 Å². The van der Waals surface area contributed by atoms with E-state index in [1.54, 1.807) is 42.5 Å². The first-order valence-corrected chi connectivity index (χ1v) is 13.5. The predicted octanol–water partition coefficient (Wildman–Crippen LogP) is 6.11. The number of halogens is 1. The van der Waals surface area contributed by atoms with Gasteiger partial charge in [-0.15, -0.1) is 0 Å². The van der Waals surface area contributed by atoms with Crippen LogP contribution in [0.2, 0.25) is 5.02 Å². The molecule has 1 aliphatic carbocycles. The van der Waals surface area contributed by atoms with Crippen molar-refractivity contribution in [2.45, 2.75) is 50.5 Å². The Bertz CT molecular complexity index is 1290. The molecule has 0 radical (unpaired) electrons. The van der Waals surface area contributed by atoms with Crippen LogP contribution in [-0.2, 0) is 14.8 Å². The minimum Gasteiger partial charge on any atom is -0.490 e. The Morgan fingerprint density at radius 1 is 1.00 bits per heavy atom. The third-order valence-corrected chi connectivity index (χ3v) is 8.28. The lowest BCUT2D eigenvalue weighted by Crippen LogP contribution is -2.38. The average Bonchev–Trinajstić information content (AvgIpc) is 3.34. The maximum atomic E-state index is 13.5. The number of nitrogens with zero attached hydrogens (tertiary/aromatic N) is 1. The monoisotopic (exact) mass is 512 g/mol. The van der Waals surface area contributed by atoms with Gasteiger partial charge < -0.3 is 10.1 Å². The van der Waals surface area contributed by atoms with Gasteiger partial charge in [-0.25, -0.2) is 8.42 Å². The third-order valence-electron chi connectivity index (χ3n) is 6.08. The van der Waals surface area contributed by atoms with E-state index in [2.05, 4.69) is 5.32 Å². The molecule has 184 valence electrons. The first-order valence-electron chi connectivity index (χ1n) is 11.6. The van der Waals surface area contributed by atoms with E-state index in [4.69, 9.17) is 16.3 Å². The topological polar surface area (TPSA) is 75.7 Å². The predicted molar refractivity (Wildman–Crippen MR) is 140 cm³/mol. The van der Waals surface area contributed by atoms with Crippen molar-refractivity contribution in [1.29, 1.82) is 0 Å². The van der Waals surface area contributed by atoms with Crippen molar-refractivity contribution < 1.29 is 17.9 Å². The van der Waals surface area contributed by atoms with Crippen LogP contribution in [0.4, 0.5) is 11.4 Å². The zero-order chi connectivity index (χ0) is 25.0. The van der Waals surface area contributed by atoms with Crippen LogP contribution in [0.1, 0.15) is 36.8 Å². The molecule has 0 spiro atoms. The second kappa shape index (κ2) is 10.7. The highest BCUT2D eigenvalue weighted by Gasteiger charge is 2.27. The van der Waals surface area contributed by atoms with E-state index in [1.807, 2.05) is 26.0 Å². The summed E-state index contributed by atoms with van der Waals surface area (Å²) in [4.78, 5) is 13.1. The summed E-state index contributed by atoms with van der Waals surface area (Å²) in [5.41, 5.74) is 2.62. The molecule has 1 amide bonds. The second-order valence-corrected chi connectivity index (χ2v) is 11.1. The summed E-state index contributed by atoms with van der Waals surface area (Å²) < 4.78 is 34.1. The second-order valence-electron chi connectivity index (χ2n) is 8.86. The Morgan fingerprint density at radius 3 is 2.29 bits per heavy atom. The van der Waals surface area contributed by atoms with Gasteiger partial charge >= 0.3 is 0 Å². The highest BCUT2D eigenvalue weighted by atomic mass is 35.5. The number of carbonyl (C=O) groups excluding carboxylic acids is 1. The van der Waals surface area contributed by atoms with Crippen molar-refractivity contribution >= 4 is 38.9 Å². The maximum absolute atomic E-state index is 13.5. The number of sulfonamides is 1. The number of carbonyl (C=O) groups is 1. The molecule has 6 nitrogen and oxygen atoms in total. The molecule has 0 unspecified atom stereocenters. The fourth-order valence-electron chi connectivity index (χ4n) is 4.04.